The van der Waals surface area contributed by atoms with Gasteiger partial charge in [0.05, 0.1) is 19.8 Å². The maximum atomic E-state index is 12.9. The maximum Gasteiger partial charge on any atom is 0.306 e. The highest BCUT2D eigenvalue weighted by Gasteiger charge is 2.47. The van der Waals surface area contributed by atoms with Crippen molar-refractivity contribution in [2.75, 3.05) is 26.4 Å². The maximum absolute atomic E-state index is 12.9. The number of hydrogen-bond acceptors (Lipinski definition) is 15. The lowest BCUT2D eigenvalue weighted by Crippen LogP contribution is -2.61. The summed E-state index contributed by atoms with van der Waals surface area (Å²) in [5.41, 5.74) is 0. The third-order valence-corrected chi connectivity index (χ3v) is 11.2. The number of rotatable bonds is 35. The van der Waals surface area contributed by atoms with Crippen LogP contribution in [0, 0.1) is 0 Å². The second-order valence-electron chi connectivity index (χ2n) is 16.6. The van der Waals surface area contributed by atoms with Crippen LogP contribution in [0.5, 0.6) is 0 Å². The average molecular weight is 863 g/mol. The van der Waals surface area contributed by atoms with Gasteiger partial charge in [-0.3, -0.25) is 9.59 Å². The smallest absolute Gasteiger partial charge is 0.306 e. The van der Waals surface area contributed by atoms with Crippen LogP contribution in [0.3, 0.4) is 0 Å². The van der Waals surface area contributed by atoms with E-state index in [4.69, 9.17) is 28.4 Å². The number of aliphatic hydroxyl groups is 7. The zero-order valence-electron chi connectivity index (χ0n) is 36.7. The zero-order valence-corrected chi connectivity index (χ0v) is 36.7. The van der Waals surface area contributed by atoms with Crippen LogP contribution in [0.4, 0.5) is 0 Å². The van der Waals surface area contributed by atoms with Gasteiger partial charge in [-0.1, -0.05) is 129 Å². The summed E-state index contributed by atoms with van der Waals surface area (Å²) < 4.78 is 33.4. The van der Waals surface area contributed by atoms with Gasteiger partial charge in [-0.2, -0.15) is 0 Å². The Hall–Kier alpha value is -1.76. The summed E-state index contributed by atoms with van der Waals surface area (Å²) in [6, 6.07) is 0. The topological polar surface area (TPSA) is 231 Å². The van der Waals surface area contributed by atoms with E-state index in [2.05, 4.69) is 26.0 Å². The minimum absolute atomic E-state index is 0.163. The van der Waals surface area contributed by atoms with Gasteiger partial charge in [-0.25, -0.2) is 0 Å². The molecule has 0 aliphatic carbocycles. The van der Waals surface area contributed by atoms with E-state index >= 15 is 0 Å². The van der Waals surface area contributed by atoms with Crippen LogP contribution in [0.1, 0.15) is 168 Å². The number of esters is 2. The minimum Gasteiger partial charge on any atom is -0.462 e. The summed E-state index contributed by atoms with van der Waals surface area (Å²) in [4.78, 5) is 25.5. The van der Waals surface area contributed by atoms with E-state index in [1.54, 1.807) is 0 Å². The highest BCUT2D eigenvalue weighted by Crippen LogP contribution is 2.26. The molecule has 0 bridgehead atoms. The first-order chi connectivity index (χ1) is 29.0. The third kappa shape index (κ3) is 22.5. The van der Waals surface area contributed by atoms with Gasteiger partial charge in [0.25, 0.3) is 0 Å². The highest BCUT2D eigenvalue weighted by molar-refractivity contribution is 5.70. The molecule has 0 aromatic heterocycles. The molecule has 7 N–H and O–H groups in total. The number of carbonyl (C=O) groups is 2. The number of hydrogen-bond donors (Lipinski definition) is 7. The Kier molecular flexibility index (Phi) is 30.6. The van der Waals surface area contributed by atoms with Crippen LogP contribution >= 0.6 is 0 Å². The zero-order chi connectivity index (χ0) is 44.0. The molecule has 2 heterocycles. The number of aliphatic hydroxyl groups excluding tert-OH is 7. The lowest BCUT2D eigenvalue weighted by atomic mass is 9.98. The quantitative estimate of drug-likeness (QED) is 0.0252. The fourth-order valence-corrected chi connectivity index (χ4v) is 7.33. The van der Waals surface area contributed by atoms with E-state index in [0.717, 1.165) is 57.8 Å². The molecule has 0 spiro atoms. The highest BCUT2D eigenvalue weighted by atomic mass is 16.7. The normalized spacial score (nSPS) is 27.6. The van der Waals surface area contributed by atoms with Gasteiger partial charge in [0.1, 0.15) is 55.4 Å². The van der Waals surface area contributed by atoms with E-state index < -0.39 is 92.7 Å². The van der Waals surface area contributed by atoms with E-state index in [9.17, 15) is 45.3 Å². The van der Waals surface area contributed by atoms with Crippen LogP contribution < -0.4 is 0 Å². The molecule has 2 aliphatic rings. The molecule has 0 amide bonds. The molecule has 60 heavy (non-hydrogen) atoms. The van der Waals surface area contributed by atoms with Crippen molar-refractivity contribution in [3.63, 3.8) is 0 Å². The third-order valence-electron chi connectivity index (χ3n) is 11.2. The van der Waals surface area contributed by atoms with Gasteiger partial charge in [0.2, 0.25) is 0 Å². The molecule has 0 radical (unpaired) electrons. The summed E-state index contributed by atoms with van der Waals surface area (Å²) in [6.45, 7) is 2.52. The molecule has 2 aliphatic heterocycles. The van der Waals surface area contributed by atoms with Crippen molar-refractivity contribution in [3.05, 3.63) is 12.2 Å². The van der Waals surface area contributed by atoms with Crippen LogP contribution in [0.25, 0.3) is 0 Å². The first-order valence-corrected chi connectivity index (χ1v) is 23.3. The van der Waals surface area contributed by atoms with Crippen molar-refractivity contribution in [2.45, 2.75) is 235 Å². The van der Waals surface area contributed by atoms with Gasteiger partial charge in [0, 0.05) is 12.8 Å². The first kappa shape index (κ1) is 54.4. The van der Waals surface area contributed by atoms with Gasteiger partial charge < -0.3 is 64.2 Å². The fourth-order valence-electron chi connectivity index (χ4n) is 7.33. The molecule has 2 saturated heterocycles. The summed E-state index contributed by atoms with van der Waals surface area (Å²) >= 11 is 0. The molecule has 4 unspecified atom stereocenters. The van der Waals surface area contributed by atoms with Crippen molar-refractivity contribution in [1.29, 1.82) is 0 Å². The minimum atomic E-state index is -1.76. The second-order valence-corrected chi connectivity index (χ2v) is 16.6. The van der Waals surface area contributed by atoms with Gasteiger partial charge in [-0.05, 0) is 38.5 Å². The number of ether oxygens (including phenoxy) is 6. The van der Waals surface area contributed by atoms with Crippen molar-refractivity contribution < 1.29 is 73.8 Å². The Morgan fingerprint density at radius 2 is 0.950 bits per heavy atom. The van der Waals surface area contributed by atoms with Crippen LogP contribution in [0.2, 0.25) is 0 Å². The van der Waals surface area contributed by atoms with E-state index in [1.807, 2.05) is 0 Å². The number of carbonyl (C=O) groups excluding carboxylic acids is 2. The average Bonchev–Trinajstić information content (AvgIpc) is 3.24. The molecule has 0 aromatic carbocycles. The van der Waals surface area contributed by atoms with Crippen LogP contribution in [0.15, 0.2) is 12.2 Å². The lowest BCUT2D eigenvalue weighted by molar-refractivity contribution is -0.332. The summed E-state index contributed by atoms with van der Waals surface area (Å²) in [5.74, 6) is -0.933. The standard InChI is InChI=1S/C45H82O15/c1-3-5-7-9-11-12-13-14-15-16-17-18-19-20-22-24-26-28-37(48)58-33(30-55-36(47)27-25-23-21-10-8-6-4-2)31-56-44-43(54)41(52)39(50)35(60-44)32-57-45-42(53)40(51)38(49)34(29-46)59-45/h14-15,33-35,38-46,49-54H,3-13,16-32H2,1-2H3/b15-14+/t33-,34+,35+,38-,39-,40?,41?,42?,43?,44+,45+/m1/s1. The monoisotopic (exact) mass is 863 g/mol. The van der Waals surface area contributed by atoms with Crippen LogP contribution in [-0.4, -0.2) is 142 Å². The Bertz CT molecular complexity index is 1110. The van der Waals surface area contributed by atoms with Gasteiger partial charge >= 0.3 is 11.9 Å². The molecule has 0 aromatic rings. The molecule has 2 fully saturated rings. The SMILES string of the molecule is CCCCCCCC/C=C/CCCCCCCCCC(=O)O[C@H](COC(=O)CCCCCCCCC)CO[C@H]1O[C@@H](CO[C@H]2O[C@@H](CO)[C@@H](O)C(O)C2O)[C@@H](O)C(O)C1O. The van der Waals surface area contributed by atoms with E-state index in [1.165, 1.54) is 70.6 Å². The van der Waals surface area contributed by atoms with Crippen molar-refractivity contribution in [1.82, 2.24) is 0 Å². The van der Waals surface area contributed by atoms with E-state index in [0.29, 0.717) is 12.8 Å². The molecular weight excluding hydrogens is 780 g/mol. The predicted octanol–water partition coefficient (Wildman–Crippen LogP) is 5.04. The number of unbranched alkanes of at least 4 members (excludes halogenated alkanes) is 19. The summed E-state index contributed by atoms with van der Waals surface area (Å²) in [5, 5.41) is 71.8. The molecular formula is C45H82O15. The summed E-state index contributed by atoms with van der Waals surface area (Å²) in [6.07, 6.45) is 12.8. The van der Waals surface area contributed by atoms with Gasteiger partial charge in [0.15, 0.2) is 18.7 Å². The molecule has 0 saturated carbocycles. The summed E-state index contributed by atoms with van der Waals surface area (Å²) in [7, 11) is 0. The Morgan fingerprint density at radius 3 is 1.47 bits per heavy atom. The largest absolute Gasteiger partial charge is 0.462 e. The van der Waals surface area contributed by atoms with Crippen molar-refractivity contribution in [3.8, 4) is 0 Å². The Morgan fingerprint density at radius 1 is 0.517 bits per heavy atom. The molecule has 15 nitrogen and oxygen atoms in total. The molecule has 352 valence electrons. The fraction of sp³-hybridized carbons (Fsp3) is 0.911. The second kappa shape index (κ2) is 33.8. The molecule has 11 atom stereocenters. The van der Waals surface area contributed by atoms with E-state index in [-0.39, 0.29) is 26.1 Å². The number of allylic oxidation sites excluding steroid dienone is 2. The Labute approximate surface area is 359 Å². The van der Waals surface area contributed by atoms with Crippen molar-refractivity contribution >= 4 is 11.9 Å². The van der Waals surface area contributed by atoms with Gasteiger partial charge in [-0.15, -0.1) is 0 Å². The molecule has 2 rings (SSSR count). The Balaban J connectivity index is 1.81. The molecule has 15 heteroatoms. The lowest BCUT2D eigenvalue weighted by Gasteiger charge is -2.42. The first-order valence-electron chi connectivity index (χ1n) is 23.3. The van der Waals surface area contributed by atoms with Crippen molar-refractivity contribution in [2.24, 2.45) is 0 Å². The predicted molar refractivity (Wildman–Crippen MR) is 224 cm³/mol. The van der Waals surface area contributed by atoms with Crippen LogP contribution in [-0.2, 0) is 38.0 Å².